The highest BCUT2D eigenvalue weighted by Gasteiger charge is 2.16. The Bertz CT molecular complexity index is 1360. The number of fused-ring (bicyclic) bond motifs is 2. The molecule has 0 aliphatic heterocycles. The number of carbonyl (C=O) groups is 1. The summed E-state index contributed by atoms with van der Waals surface area (Å²) in [6, 6.07) is 15.7. The number of thiophene rings is 1. The number of rotatable bonds is 4. The van der Waals surface area contributed by atoms with Gasteiger partial charge in [-0.15, -0.1) is 21.5 Å². The highest BCUT2D eigenvalue weighted by Crippen LogP contribution is 2.29. The second-order valence-corrected chi connectivity index (χ2v) is 7.49. The Morgan fingerprint density at radius 2 is 1.90 bits per heavy atom. The minimum Gasteiger partial charge on any atom is -0.338 e. The van der Waals surface area contributed by atoms with Crippen LogP contribution in [0.1, 0.15) is 15.9 Å². The van der Waals surface area contributed by atoms with Gasteiger partial charge in [0.25, 0.3) is 11.7 Å². The number of carbonyl (C=O) groups excluding carboxylic acids is 1. The van der Waals surface area contributed by atoms with E-state index in [1.165, 1.54) is 0 Å². The van der Waals surface area contributed by atoms with E-state index in [4.69, 9.17) is 0 Å². The zero-order chi connectivity index (χ0) is 19.8. The molecule has 5 rings (SSSR count). The van der Waals surface area contributed by atoms with Gasteiger partial charge >= 0.3 is 0 Å². The van der Waals surface area contributed by atoms with E-state index in [0.29, 0.717) is 22.8 Å². The van der Waals surface area contributed by atoms with Gasteiger partial charge < -0.3 is 10.6 Å². The second kappa shape index (κ2) is 6.99. The first-order valence-electron chi connectivity index (χ1n) is 9.00. The van der Waals surface area contributed by atoms with Crippen molar-refractivity contribution < 1.29 is 4.79 Å². The molecule has 0 bridgehead atoms. The molecule has 3 aromatic heterocycles. The zero-order valence-electron chi connectivity index (χ0n) is 15.5. The average Bonchev–Trinajstić information content (AvgIpc) is 3.36. The van der Waals surface area contributed by atoms with E-state index in [0.717, 1.165) is 21.3 Å². The fourth-order valence-corrected chi connectivity index (χ4v) is 4.08. The molecule has 0 radical (unpaired) electrons. The third-order valence-corrected chi connectivity index (χ3v) is 5.62. The summed E-state index contributed by atoms with van der Waals surface area (Å²) in [6.07, 6.45) is 3.31. The van der Waals surface area contributed by atoms with Gasteiger partial charge in [-0.1, -0.05) is 36.4 Å². The van der Waals surface area contributed by atoms with Crippen LogP contribution in [0.4, 0.5) is 17.2 Å². The normalized spacial score (nSPS) is 11.1. The van der Waals surface area contributed by atoms with E-state index in [2.05, 4.69) is 25.8 Å². The second-order valence-electron chi connectivity index (χ2n) is 6.58. The number of anilines is 3. The van der Waals surface area contributed by atoms with Crippen LogP contribution in [0, 0.1) is 6.92 Å². The van der Waals surface area contributed by atoms with Gasteiger partial charge in [0.15, 0.2) is 5.82 Å². The van der Waals surface area contributed by atoms with E-state index in [1.54, 1.807) is 28.3 Å². The number of para-hydroxylation sites is 1. The molecule has 0 aliphatic carbocycles. The largest absolute Gasteiger partial charge is 0.338 e. The molecule has 0 aliphatic rings. The van der Waals surface area contributed by atoms with E-state index in [9.17, 15) is 4.79 Å². The molecule has 0 saturated heterocycles. The SMILES string of the molecule is Cc1ccccc1Nc1nc2nncn2cc1NC(=O)c1csc2ccccc12. The molecule has 3 heterocycles. The smallest absolute Gasteiger partial charge is 0.257 e. The van der Waals surface area contributed by atoms with Crippen LogP contribution >= 0.6 is 11.3 Å². The average molecular weight is 400 g/mol. The van der Waals surface area contributed by atoms with Crippen molar-refractivity contribution in [2.45, 2.75) is 6.92 Å². The number of aromatic nitrogens is 4. The number of nitrogens with one attached hydrogen (secondary N) is 2. The molecule has 0 unspecified atom stereocenters. The third kappa shape index (κ3) is 3.19. The molecule has 2 N–H and O–H groups in total. The fraction of sp³-hybridized carbons (Fsp3) is 0.0476. The molecule has 0 atom stereocenters. The lowest BCUT2D eigenvalue weighted by Gasteiger charge is -2.14. The highest BCUT2D eigenvalue weighted by molar-refractivity contribution is 7.17. The van der Waals surface area contributed by atoms with Crippen molar-refractivity contribution in [1.82, 2.24) is 19.6 Å². The third-order valence-electron chi connectivity index (χ3n) is 4.66. The van der Waals surface area contributed by atoms with Crippen molar-refractivity contribution in [3.63, 3.8) is 0 Å². The minimum absolute atomic E-state index is 0.190. The molecule has 5 aromatic rings. The van der Waals surface area contributed by atoms with E-state index >= 15 is 0 Å². The Balaban J connectivity index is 1.54. The summed E-state index contributed by atoms with van der Waals surface area (Å²) in [6.45, 7) is 2.01. The summed E-state index contributed by atoms with van der Waals surface area (Å²) in [5, 5.41) is 17.0. The maximum atomic E-state index is 13.0. The standard InChI is InChI=1S/C21H16N6OS/c1-13-6-2-4-8-16(13)23-19-17(10-27-12-22-26-21(27)25-19)24-20(28)15-11-29-18-9-5-3-7-14(15)18/h2-12H,1H3,(H,24,28)(H,23,25,26). The topological polar surface area (TPSA) is 84.2 Å². The number of nitrogens with zero attached hydrogens (tertiary/aromatic N) is 4. The van der Waals surface area contributed by atoms with Crippen molar-refractivity contribution in [3.05, 3.63) is 77.6 Å². The lowest BCUT2D eigenvalue weighted by molar-refractivity contribution is 0.102. The quantitative estimate of drug-likeness (QED) is 0.459. The maximum Gasteiger partial charge on any atom is 0.257 e. The van der Waals surface area contributed by atoms with Gasteiger partial charge in [0, 0.05) is 27.4 Å². The van der Waals surface area contributed by atoms with Gasteiger partial charge in [-0.3, -0.25) is 9.20 Å². The zero-order valence-corrected chi connectivity index (χ0v) is 16.3. The summed E-state index contributed by atoms with van der Waals surface area (Å²) < 4.78 is 2.74. The summed E-state index contributed by atoms with van der Waals surface area (Å²) in [7, 11) is 0. The molecule has 142 valence electrons. The molecule has 1 amide bonds. The summed E-state index contributed by atoms with van der Waals surface area (Å²) >= 11 is 1.55. The van der Waals surface area contributed by atoms with Gasteiger partial charge in [-0.2, -0.15) is 4.98 Å². The van der Waals surface area contributed by atoms with Crippen molar-refractivity contribution >= 4 is 50.3 Å². The van der Waals surface area contributed by atoms with Gasteiger partial charge in [-0.05, 0) is 24.6 Å². The summed E-state index contributed by atoms with van der Waals surface area (Å²) in [5.74, 6) is 0.761. The molecule has 2 aromatic carbocycles. The van der Waals surface area contributed by atoms with Crippen LogP contribution in [0.15, 0.2) is 66.4 Å². The maximum absolute atomic E-state index is 13.0. The van der Waals surface area contributed by atoms with Crippen LogP contribution in [0.5, 0.6) is 0 Å². The first-order chi connectivity index (χ1) is 14.2. The molecule has 0 saturated carbocycles. The summed E-state index contributed by atoms with van der Waals surface area (Å²) in [4.78, 5) is 17.6. The van der Waals surface area contributed by atoms with Gasteiger partial charge in [0.2, 0.25) is 0 Å². The van der Waals surface area contributed by atoms with Gasteiger partial charge in [0.05, 0.1) is 5.56 Å². The van der Waals surface area contributed by atoms with Crippen LogP contribution in [0.2, 0.25) is 0 Å². The number of hydrogen-bond acceptors (Lipinski definition) is 6. The van der Waals surface area contributed by atoms with Crippen molar-refractivity contribution in [2.24, 2.45) is 0 Å². The fourth-order valence-electron chi connectivity index (χ4n) is 3.14. The number of benzene rings is 2. The Morgan fingerprint density at radius 3 is 2.79 bits per heavy atom. The predicted molar refractivity (Wildman–Crippen MR) is 115 cm³/mol. The summed E-state index contributed by atoms with van der Waals surface area (Å²) in [5.41, 5.74) is 3.15. The van der Waals surface area contributed by atoms with E-state index in [-0.39, 0.29) is 5.91 Å². The van der Waals surface area contributed by atoms with Gasteiger partial charge in [0.1, 0.15) is 12.0 Å². The van der Waals surface area contributed by atoms with Crippen LogP contribution in [0.25, 0.3) is 15.9 Å². The van der Waals surface area contributed by atoms with E-state index < -0.39 is 0 Å². The first-order valence-corrected chi connectivity index (χ1v) is 9.87. The minimum atomic E-state index is -0.190. The van der Waals surface area contributed by atoms with E-state index in [1.807, 2.05) is 60.8 Å². The predicted octanol–water partition coefficient (Wildman–Crippen LogP) is 4.64. The molecule has 0 fully saturated rings. The van der Waals surface area contributed by atoms with Crippen molar-refractivity contribution in [1.29, 1.82) is 0 Å². The Morgan fingerprint density at radius 1 is 1.07 bits per heavy atom. The lowest BCUT2D eigenvalue weighted by Crippen LogP contribution is -2.14. The van der Waals surface area contributed by atoms with Crippen LogP contribution in [0.3, 0.4) is 0 Å². The lowest BCUT2D eigenvalue weighted by atomic mass is 10.1. The molecular formula is C21H16N6OS. The number of aryl methyl sites for hydroxylation is 1. The van der Waals surface area contributed by atoms with Crippen molar-refractivity contribution in [2.75, 3.05) is 10.6 Å². The van der Waals surface area contributed by atoms with Crippen LogP contribution in [-0.2, 0) is 0 Å². The van der Waals surface area contributed by atoms with Crippen LogP contribution < -0.4 is 10.6 Å². The Labute approximate surface area is 170 Å². The monoisotopic (exact) mass is 400 g/mol. The number of amides is 1. The molecule has 29 heavy (non-hydrogen) atoms. The first kappa shape index (κ1) is 17.3. The van der Waals surface area contributed by atoms with Crippen LogP contribution in [-0.4, -0.2) is 25.5 Å². The molecule has 7 nitrogen and oxygen atoms in total. The molecule has 8 heteroatoms. The number of hydrogen-bond donors (Lipinski definition) is 2. The highest BCUT2D eigenvalue weighted by atomic mass is 32.1. The Hall–Kier alpha value is -3.78. The molecular weight excluding hydrogens is 384 g/mol. The Kier molecular flexibility index (Phi) is 4.18. The molecule has 0 spiro atoms. The van der Waals surface area contributed by atoms with Crippen molar-refractivity contribution in [3.8, 4) is 0 Å². The van der Waals surface area contributed by atoms with Gasteiger partial charge in [-0.25, -0.2) is 0 Å².